The number of halogens is 1. The molecular formula is C16H24ClN3O4. The Morgan fingerprint density at radius 1 is 1.50 bits per heavy atom. The standard InChI is InChI=1S/C16H24ClN3O4/c1-18-15(21)7-6-12-13(23-2)4-3-9-20(12)16(22)8-5-11-10-14(17)19-24-11/h10,12-13H,3-9H2,1-2H3,(H,18,21)/t12-,13-/m0/s1. The van der Waals surface area contributed by atoms with Gasteiger partial charge in [-0.1, -0.05) is 16.8 Å². The summed E-state index contributed by atoms with van der Waals surface area (Å²) in [6.45, 7) is 0.689. The first-order chi connectivity index (χ1) is 11.5. The molecular weight excluding hydrogens is 334 g/mol. The van der Waals surface area contributed by atoms with Crippen LogP contribution in [-0.4, -0.2) is 54.7 Å². The number of carbonyl (C=O) groups is 2. The maximum Gasteiger partial charge on any atom is 0.223 e. The van der Waals surface area contributed by atoms with Crippen LogP contribution >= 0.6 is 11.6 Å². The number of aryl methyl sites for hydroxylation is 1. The van der Waals surface area contributed by atoms with Gasteiger partial charge in [-0.15, -0.1) is 0 Å². The molecule has 0 aromatic carbocycles. The van der Waals surface area contributed by atoms with Crippen LogP contribution < -0.4 is 5.32 Å². The van der Waals surface area contributed by atoms with E-state index in [0.29, 0.717) is 43.1 Å². The van der Waals surface area contributed by atoms with Crippen LogP contribution in [0.4, 0.5) is 0 Å². The number of amides is 2. The van der Waals surface area contributed by atoms with Crippen LogP contribution in [0.2, 0.25) is 5.15 Å². The van der Waals surface area contributed by atoms with Crippen molar-refractivity contribution in [2.24, 2.45) is 0 Å². The van der Waals surface area contributed by atoms with E-state index in [-0.39, 0.29) is 24.0 Å². The lowest BCUT2D eigenvalue weighted by Crippen LogP contribution is -2.52. The second-order valence-electron chi connectivity index (χ2n) is 5.90. The number of aromatic nitrogens is 1. The van der Waals surface area contributed by atoms with Gasteiger partial charge in [-0.25, -0.2) is 0 Å². The van der Waals surface area contributed by atoms with Crippen LogP contribution in [-0.2, 0) is 20.7 Å². The molecule has 7 nitrogen and oxygen atoms in total. The molecule has 1 aromatic heterocycles. The van der Waals surface area contributed by atoms with Crippen molar-refractivity contribution in [3.8, 4) is 0 Å². The van der Waals surface area contributed by atoms with Crippen molar-refractivity contribution < 1.29 is 18.8 Å². The third-order valence-electron chi connectivity index (χ3n) is 4.40. The van der Waals surface area contributed by atoms with Crippen LogP contribution in [0.1, 0.15) is 37.9 Å². The molecule has 1 aromatic rings. The first kappa shape index (κ1) is 18.7. The summed E-state index contributed by atoms with van der Waals surface area (Å²) >= 11 is 5.72. The average molecular weight is 358 g/mol. The van der Waals surface area contributed by atoms with E-state index in [4.69, 9.17) is 20.9 Å². The molecule has 134 valence electrons. The fourth-order valence-corrected chi connectivity index (χ4v) is 3.29. The van der Waals surface area contributed by atoms with Crippen molar-refractivity contribution in [2.45, 2.75) is 50.7 Å². The Labute approximate surface area is 146 Å². The predicted molar refractivity (Wildman–Crippen MR) is 88.7 cm³/mol. The smallest absolute Gasteiger partial charge is 0.223 e. The minimum Gasteiger partial charge on any atom is -0.379 e. The number of likely N-dealkylation sites (tertiary alicyclic amines) is 1. The van der Waals surface area contributed by atoms with Gasteiger partial charge >= 0.3 is 0 Å². The minimum absolute atomic E-state index is 0.0286. The summed E-state index contributed by atoms with van der Waals surface area (Å²) < 4.78 is 10.6. The van der Waals surface area contributed by atoms with E-state index >= 15 is 0 Å². The molecule has 1 aliphatic heterocycles. The number of piperidine rings is 1. The first-order valence-electron chi connectivity index (χ1n) is 8.19. The molecule has 0 unspecified atom stereocenters. The lowest BCUT2D eigenvalue weighted by molar-refractivity contribution is -0.141. The van der Waals surface area contributed by atoms with Gasteiger partial charge in [0, 0.05) is 46.0 Å². The number of hydrogen-bond donors (Lipinski definition) is 1. The van der Waals surface area contributed by atoms with Gasteiger partial charge in [0.1, 0.15) is 5.76 Å². The number of carbonyl (C=O) groups excluding carboxylic acids is 2. The molecule has 0 radical (unpaired) electrons. The Hall–Kier alpha value is -1.60. The normalized spacial score (nSPS) is 20.9. The number of methoxy groups -OCH3 is 1. The van der Waals surface area contributed by atoms with Gasteiger partial charge in [0.05, 0.1) is 12.1 Å². The first-order valence-corrected chi connectivity index (χ1v) is 8.57. The Morgan fingerprint density at radius 3 is 2.92 bits per heavy atom. The molecule has 0 bridgehead atoms. The number of ether oxygens (including phenoxy) is 1. The predicted octanol–water partition coefficient (Wildman–Crippen LogP) is 1.79. The highest BCUT2D eigenvalue weighted by Crippen LogP contribution is 2.25. The fraction of sp³-hybridized carbons (Fsp3) is 0.688. The highest BCUT2D eigenvalue weighted by molar-refractivity contribution is 6.29. The molecule has 1 saturated heterocycles. The minimum atomic E-state index is -0.0770. The monoisotopic (exact) mass is 357 g/mol. The van der Waals surface area contributed by atoms with Crippen LogP contribution in [0, 0.1) is 0 Å². The van der Waals surface area contributed by atoms with E-state index < -0.39 is 0 Å². The van der Waals surface area contributed by atoms with E-state index in [2.05, 4.69) is 10.5 Å². The van der Waals surface area contributed by atoms with Crippen molar-refractivity contribution in [1.82, 2.24) is 15.4 Å². The summed E-state index contributed by atoms with van der Waals surface area (Å²) in [4.78, 5) is 26.0. The Balaban J connectivity index is 1.97. The molecule has 8 heteroatoms. The molecule has 1 aliphatic rings. The molecule has 24 heavy (non-hydrogen) atoms. The largest absolute Gasteiger partial charge is 0.379 e. The van der Waals surface area contributed by atoms with Gasteiger partial charge in [0.2, 0.25) is 11.8 Å². The molecule has 2 atom stereocenters. The summed E-state index contributed by atoms with van der Waals surface area (Å²) in [5, 5.41) is 6.51. The van der Waals surface area contributed by atoms with Gasteiger partial charge in [0.25, 0.3) is 0 Å². The van der Waals surface area contributed by atoms with E-state index in [1.165, 1.54) is 0 Å². The Kier molecular flexibility index (Phi) is 7.05. The van der Waals surface area contributed by atoms with Gasteiger partial charge in [-0.3, -0.25) is 9.59 Å². The van der Waals surface area contributed by atoms with Crippen LogP contribution in [0.3, 0.4) is 0 Å². The maximum absolute atomic E-state index is 12.6. The van der Waals surface area contributed by atoms with Crippen molar-refractivity contribution >= 4 is 23.4 Å². The zero-order valence-electron chi connectivity index (χ0n) is 14.1. The van der Waals surface area contributed by atoms with E-state index in [1.807, 2.05) is 4.90 Å². The van der Waals surface area contributed by atoms with Gasteiger partial charge in [0.15, 0.2) is 5.15 Å². The summed E-state index contributed by atoms with van der Waals surface area (Å²) in [6, 6.07) is 1.54. The number of nitrogens with one attached hydrogen (secondary N) is 1. The SMILES string of the molecule is CNC(=O)CC[C@H]1[C@@H](OC)CCCN1C(=O)CCc1cc(Cl)no1. The summed E-state index contributed by atoms with van der Waals surface area (Å²) in [5.41, 5.74) is 0. The molecule has 2 rings (SSSR count). The molecule has 2 heterocycles. The molecule has 1 N–H and O–H groups in total. The quantitative estimate of drug-likeness (QED) is 0.804. The van der Waals surface area contributed by atoms with Crippen molar-refractivity contribution in [2.75, 3.05) is 20.7 Å². The van der Waals surface area contributed by atoms with Crippen LogP contribution in [0.5, 0.6) is 0 Å². The van der Waals surface area contributed by atoms with Gasteiger partial charge in [-0.05, 0) is 19.3 Å². The highest BCUT2D eigenvalue weighted by atomic mass is 35.5. The zero-order chi connectivity index (χ0) is 17.5. The van der Waals surface area contributed by atoms with Crippen molar-refractivity contribution in [3.63, 3.8) is 0 Å². The summed E-state index contributed by atoms with van der Waals surface area (Å²) in [6.07, 6.45) is 3.51. The summed E-state index contributed by atoms with van der Waals surface area (Å²) in [7, 11) is 3.27. The van der Waals surface area contributed by atoms with E-state index in [1.54, 1.807) is 20.2 Å². The second-order valence-corrected chi connectivity index (χ2v) is 6.29. The maximum atomic E-state index is 12.6. The lowest BCUT2D eigenvalue weighted by Gasteiger charge is -2.40. The number of hydrogen-bond acceptors (Lipinski definition) is 5. The van der Waals surface area contributed by atoms with Crippen molar-refractivity contribution in [3.05, 3.63) is 17.0 Å². The Morgan fingerprint density at radius 2 is 2.29 bits per heavy atom. The van der Waals surface area contributed by atoms with Crippen LogP contribution in [0.25, 0.3) is 0 Å². The molecule has 1 fully saturated rings. The molecule has 0 aliphatic carbocycles. The number of nitrogens with zero attached hydrogens (tertiary/aromatic N) is 2. The second kappa shape index (κ2) is 9.03. The van der Waals surface area contributed by atoms with Gasteiger partial charge < -0.3 is 19.5 Å². The van der Waals surface area contributed by atoms with Crippen molar-refractivity contribution in [1.29, 1.82) is 0 Å². The fourth-order valence-electron chi connectivity index (χ4n) is 3.13. The van der Waals surface area contributed by atoms with Gasteiger partial charge in [-0.2, -0.15) is 0 Å². The zero-order valence-corrected chi connectivity index (χ0v) is 14.8. The highest BCUT2D eigenvalue weighted by Gasteiger charge is 2.34. The van der Waals surface area contributed by atoms with E-state index in [0.717, 1.165) is 12.8 Å². The average Bonchev–Trinajstić information content (AvgIpc) is 3.02. The lowest BCUT2D eigenvalue weighted by atomic mass is 9.94. The number of rotatable bonds is 7. The third-order valence-corrected chi connectivity index (χ3v) is 4.58. The van der Waals surface area contributed by atoms with Crippen LogP contribution in [0.15, 0.2) is 10.6 Å². The molecule has 0 spiro atoms. The van der Waals surface area contributed by atoms with E-state index in [9.17, 15) is 9.59 Å². The Bertz CT molecular complexity index is 563. The topological polar surface area (TPSA) is 84.7 Å². The molecule has 0 saturated carbocycles. The molecule has 2 amide bonds. The summed E-state index contributed by atoms with van der Waals surface area (Å²) in [5.74, 6) is 0.598. The third kappa shape index (κ3) is 4.95.